The number of imidazole rings is 1. The standard InChI is InChI=1S/C15H10BrFN2O2/c16-10-2-1-8(17)5-9(10)15-18-11-6-13-14(7-12(11)19-15)21-4-3-20-13/h1-2,5-7H,3-4H2,(H,18,19). The maximum atomic E-state index is 13.4. The Morgan fingerprint density at radius 2 is 1.86 bits per heavy atom. The SMILES string of the molecule is Fc1ccc(Br)c(-c2nc3cc4c(cc3[nH]2)OCCO4)c1. The normalized spacial score (nSPS) is 13.6. The lowest BCUT2D eigenvalue weighted by Gasteiger charge is -2.17. The van der Waals surface area contributed by atoms with Gasteiger partial charge in [0.05, 0.1) is 11.0 Å². The van der Waals surface area contributed by atoms with Gasteiger partial charge in [-0.05, 0) is 18.2 Å². The van der Waals surface area contributed by atoms with Crippen LogP contribution in [0.1, 0.15) is 0 Å². The summed E-state index contributed by atoms with van der Waals surface area (Å²) < 4.78 is 25.3. The van der Waals surface area contributed by atoms with Gasteiger partial charge in [-0.2, -0.15) is 0 Å². The Labute approximate surface area is 128 Å². The van der Waals surface area contributed by atoms with E-state index in [-0.39, 0.29) is 5.82 Å². The molecule has 0 saturated carbocycles. The first-order valence-corrected chi connectivity index (χ1v) is 7.25. The molecular formula is C15H10BrFN2O2. The molecule has 0 fully saturated rings. The fourth-order valence-electron chi connectivity index (χ4n) is 2.35. The molecule has 1 aliphatic rings. The Kier molecular flexibility index (Phi) is 2.85. The van der Waals surface area contributed by atoms with Crippen LogP contribution in [0.4, 0.5) is 4.39 Å². The van der Waals surface area contributed by atoms with Crippen molar-refractivity contribution in [1.29, 1.82) is 0 Å². The van der Waals surface area contributed by atoms with E-state index in [4.69, 9.17) is 9.47 Å². The molecule has 2 aromatic carbocycles. The van der Waals surface area contributed by atoms with Crippen molar-refractivity contribution in [2.45, 2.75) is 0 Å². The quantitative estimate of drug-likeness (QED) is 0.725. The first-order chi connectivity index (χ1) is 10.2. The third kappa shape index (κ3) is 2.15. The van der Waals surface area contributed by atoms with Gasteiger partial charge in [-0.25, -0.2) is 9.37 Å². The smallest absolute Gasteiger partial charge is 0.163 e. The van der Waals surface area contributed by atoms with E-state index in [1.165, 1.54) is 12.1 Å². The van der Waals surface area contributed by atoms with Gasteiger partial charge < -0.3 is 14.5 Å². The number of hydrogen-bond donors (Lipinski definition) is 1. The molecule has 6 heteroatoms. The predicted molar refractivity (Wildman–Crippen MR) is 80.2 cm³/mol. The molecule has 0 bridgehead atoms. The van der Waals surface area contributed by atoms with Crippen LogP contribution in [-0.2, 0) is 0 Å². The average Bonchev–Trinajstić information content (AvgIpc) is 2.89. The number of nitrogens with zero attached hydrogens (tertiary/aromatic N) is 1. The van der Waals surface area contributed by atoms with Gasteiger partial charge in [0.25, 0.3) is 0 Å². The van der Waals surface area contributed by atoms with Crippen molar-refractivity contribution < 1.29 is 13.9 Å². The van der Waals surface area contributed by atoms with Crippen LogP contribution in [0.3, 0.4) is 0 Å². The highest BCUT2D eigenvalue weighted by molar-refractivity contribution is 9.10. The van der Waals surface area contributed by atoms with Crippen molar-refractivity contribution in [2.24, 2.45) is 0 Å². The second-order valence-corrected chi connectivity index (χ2v) is 5.58. The maximum Gasteiger partial charge on any atom is 0.163 e. The Balaban J connectivity index is 1.88. The van der Waals surface area contributed by atoms with Gasteiger partial charge in [-0.3, -0.25) is 0 Å². The molecule has 1 N–H and O–H groups in total. The Bertz CT molecular complexity index is 804. The summed E-state index contributed by atoms with van der Waals surface area (Å²) in [6, 6.07) is 8.19. The molecule has 106 valence electrons. The lowest BCUT2D eigenvalue weighted by molar-refractivity contribution is 0.172. The molecule has 4 rings (SSSR count). The minimum absolute atomic E-state index is 0.306. The number of hydrogen-bond acceptors (Lipinski definition) is 3. The summed E-state index contributed by atoms with van der Waals surface area (Å²) in [6.07, 6.45) is 0. The Morgan fingerprint density at radius 3 is 2.67 bits per heavy atom. The number of benzene rings is 2. The zero-order valence-corrected chi connectivity index (χ0v) is 12.4. The monoisotopic (exact) mass is 348 g/mol. The molecule has 1 aromatic heterocycles. The van der Waals surface area contributed by atoms with Crippen LogP contribution in [0.15, 0.2) is 34.8 Å². The van der Waals surface area contributed by atoms with E-state index in [9.17, 15) is 4.39 Å². The van der Waals surface area contributed by atoms with E-state index >= 15 is 0 Å². The molecule has 1 aliphatic heterocycles. The van der Waals surface area contributed by atoms with Crippen LogP contribution in [-0.4, -0.2) is 23.2 Å². The molecule has 0 spiro atoms. The van der Waals surface area contributed by atoms with E-state index in [1.54, 1.807) is 6.07 Å². The largest absolute Gasteiger partial charge is 0.486 e. The summed E-state index contributed by atoms with van der Waals surface area (Å²) in [5.74, 6) is 1.67. The zero-order valence-electron chi connectivity index (χ0n) is 10.8. The van der Waals surface area contributed by atoms with Crippen LogP contribution in [0.25, 0.3) is 22.4 Å². The van der Waals surface area contributed by atoms with Crippen LogP contribution in [0.2, 0.25) is 0 Å². The molecule has 0 unspecified atom stereocenters. The summed E-state index contributed by atoms with van der Waals surface area (Å²) in [6.45, 7) is 1.07. The molecule has 0 atom stereocenters. The first kappa shape index (κ1) is 12.6. The highest BCUT2D eigenvalue weighted by Crippen LogP contribution is 2.35. The number of aromatic amines is 1. The van der Waals surface area contributed by atoms with Crippen LogP contribution < -0.4 is 9.47 Å². The predicted octanol–water partition coefficient (Wildman–Crippen LogP) is 3.90. The van der Waals surface area contributed by atoms with Crippen molar-refractivity contribution >= 4 is 27.0 Å². The number of nitrogens with one attached hydrogen (secondary N) is 1. The van der Waals surface area contributed by atoms with Gasteiger partial charge in [0.15, 0.2) is 11.5 Å². The van der Waals surface area contributed by atoms with Gasteiger partial charge in [-0.1, -0.05) is 15.9 Å². The second kappa shape index (κ2) is 4.73. The highest BCUT2D eigenvalue weighted by Gasteiger charge is 2.16. The van der Waals surface area contributed by atoms with E-state index in [0.29, 0.717) is 36.1 Å². The third-order valence-corrected chi connectivity index (χ3v) is 4.02. The number of ether oxygens (including phenoxy) is 2. The number of fused-ring (bicyclic) bond motifs is 2. The van der Waals surface area contributed by atoms with E-state index in [0.717, 1.165) is 15.5 Å². The average molecular weight is 349 g/mol. The summed E-state index contributed by atoms with van der Waals surface area (Å²) in [5.41, 5.74) is 2.25. The third-order valence-electron chi connectivity index (χ3n) is 3.33. The number of rotatable bonds is 1. The molecule has 21 heavy (non-hydrogen) atoms. The Hall–Kier alpha value is -2.08. The van der Waals surface area contributed by atoms with Crippen LogP contribution in [0.5, 0.6) is 11.5 Å². The van der Waals surface area contributed by atoms with Gasteiger partial charge in [0, 0.05) is 22.2 Å². The van der Waals surface area contributed by atoms with Gasteiger partial charge >= 0.3 is 0 Å². The first-order valence-electron chi connectivity index (χ1n) is 6.45. The molecule has 2 heterocycles. The summed E-state index contributed by atoms with van der Waals surface area (Å²) >= 11 is 3.41. The topological polar surface area (TPSA) is 47.1 Å². The van der Waals surface area contributed by atoms with Gasteiger partial charge in [0.1, 0.15) is 24.9 Å². The highest BCUT2D eigenvalue weighted by atomic mass is 79.9. The fourth-order valence-corrected chi connectivity index (χ4v) is 2.79. The molecular weight excluding hydrogens is 339 g/mol. The second-order valence-electron chi connectivity index (χ2n) is 4.72. The molecule has 3 aromatic rings. The van der Waals surface area contributed by atoms with Crippen molar-refractivity contribution in [3.8, 4) is 22.9 Å². The molecule has 0 aliphatic carbocycles. The number of H-pyrrole nitrogens is 1. The summed E-state index contributed by atoms with van der Waals surface area (Å²) in [4.78, 5) is 7.69. The molecule has 0 amide bonds. The van der Waals surface area contributed by atoms with Crippen molar-refractivity contribution in [3.05, 3.63) is 40.6 Å². The molecule has 0 saturated heterocycles. The van der Waals surface area contributed by atoms with E-state index in [1.807, 2.05) is 12.1 Å². The maximum absolute atomic E-state index is 13.4. The van der Waals surface area contributed by atoms with Crippen LogP contribution >= 0.6 is 15.9 Å². The number of aromatic nitrogens is 2. The summed E-state index contributed by atoms with van der Waals surface area (Å²) in [7, 11) is 0. The molecule has 0 radical (unpaired) electrons. The Morgan fingerprint density at radius 1 is 1.10 bits per heavy atom. The zero-order chi connectivity index (χ0) is 14.4. The van der Waals surface area contributed by atoms with Crippen molar-refractivity contribution in [2.75, 3.05) is 13.2 Å². The van der Waals surface area contributed by atoms with E-state index < -0.39 is 0 Å². The lowest BCUT2D eigenvalue weighted by Crippen LogP contribution is -2.15. The summed E-state index contributed by atoms with van der Waals surface area (Å²) in [5, 5.41) is 0. The van der Waals surface area contributed by atoms with Crippen molar-refractivity contribution in [1.82, 2.24) is 9.97 Å². The lowest BCUT2D eigenvalue weighted by atomic mass is 10.2. The van der Waals surface area contributed by atoms with E-state index in [2.05, 4.69) is 25.9 Å². The van der Waals surface area contributed by atoms with Gasteiger partial charge in [-0.15, -0.1) is 0 Å². The minimum atomic E-state index is -0.306. The molecule has 4 nitrogen and oxygen atoms in total. The minimum Gasteiger partial charge on any atom is -0.486 e. The fraction of sp³-hybridized carbons (Fsp3) is 0.133. The van der Waals surface area contributed by atoms with Gasteiger partial charge in [0.2, 0.25) is 0 Å². The van der Waals surface area contributed by atoms with Crippen LogP contribution in [0, 0.1) is 5.82 Å². The van der Waals surface area contributed by atoms with Crippen molar-refractivity contribution in [3.63, 3.8) is 0 Å². The number of halogens is 2.